The van der Waals surface area contributed by atoms with E-state index >= 15 is 0 Å². The number of halogens is 1. The van der Waals surface area contributed by atoms with Crippen molar-refractivity contribution in [1.82, 2.24) is 0 Å². The molecule has 106 valence electrons. The number of hydrogen-bond acceptors (Lipinski definition) is 3. The normalized spacial score (nSPS) is 16.7. The largest absolute Gasteiger partial charge is 0.387 e. The van der Waals surface area contributed by atoms with E-state index in [1.54, 1.807) is 18.2 Å². The number of nitrogens with two attached hydrogens (primary N) is 1. The summed E-state index contributed by atoms with van der Waals surface area (Å²) in [7, 11) is 0. The van der Waals surface area contributed by atoms with Gasteiger partial charge in [-0.05, 0) is 36.2 Å². The molecule has 1 heterocycles. The zero-order chi connectivity index (χ0) is 15.0. The van der Waals surface area contributed by atoms with Crippen LogP contribution in [0.2, 0.25) is 0 Å². The van der Waals surface area contributed by atoms with Crippen molar-refractivity contribution in [3.8, 4) is 11.1 Å². The third-order valence-electron chi connectivity index (χ3n) is 3.46. The topological polar surface area (TPSA) is 64.7 Å². The fourth-order valence-corrected chi connectivity index (χ4v) is 2.35. The van der Waals surface area contributed by atoms with E-state index in [9.17, 15) is 9.18 Å². The van der Waals surface area contributed by atoms with Crippen molar-refractivity contribution in [2.75, 3.05) is 0 Å². The molecule has 0 saturated carbocycles. The van der Waals surface area contributed by atoms with Gasteiger partial charge in [-0.1, -0.05) is 29.4 Å². The van der Waals surface area contributed by atoms with E-state index in [1.807, 2.05) is 19.1 Å². The second-order valence-corrected chi connectivity index (χ2v) is 4.86. The summed E-state index contributed by atoms with van der Waals surface area (Å²) in [5, 5.41) is 3.76. The van der Waals surface area contributed by atoms with Crippen LogP contribution in [0.25, 0.3) is 11.1 Å². The van der Waals surface area contributed by atoms with Crippen LogP contribution in [0.5, 0.6) is 0 Å². The van der Waals surface area contributed by atoms with Crippen LogP contribution in [-0.2, 0) is 9.63 Å². The summed E-state index contributed by atoms with van der Waals surface area (Å²) in [4.78, 5) is 16.6. The number of oxime groups is 1. The Morgan fingerprint density at radius 3 is 2.52 bits per heavy atom. The van der Waals surface area contributed by atoms with E-state index < -0.39 is 5.91 Å². The highest BCUT2D eigenvalue weighted by atomic mass is 19.1. The molecule has 0 saturated heterocycles. The number of fused-ring (bicyclic) bond motifs is 1. The SMILES string of the molecule is CC1ON=C(C(N)=O)c2ccc(-c3ccc(F)cc3)cc21. The third-order valence-corrected chi connectivity index (χ3v) is 3.46. The van der Waals surface area contributed by atoms with Gasteiger partial charge in [-0.25, -0.2) is 4.39 Å². The second-order valence-electron chi connectivity index (χ2n) is 4.86. The van der Waals surface area contributed by atoms with Crippen LogP contribution in [0, 0.1) is 5.82 Å². The Morgan fingerprint density at radius 1 is 1.19 bits per heavy atom. The first-order valence-corrected chi connectivity index (χ1v) is 6.50. The molecule has 5 heteroatoms. The van der Waals surface area contributed by atoms with Gasteiger partial charge in [0.25, 0.3) is 5.91 Å². The standard InChI is InChI=1S/C16H13FN2O2/c1-9-14-8-11(10-2-5-12(17)6-3-10)4-7-13(14)15(16(18)20)19-21-9/h2-9H,1H3,(H2,18,20). The molecule has 0 aliphatic carbocycles. The van der Waals surface area contributed by atoms with Crippen LogP contribution in [0.15, 0.2) is 47.6 Å². The molecule has 3 rings (SSSR count). The van der Waals surface area contributed by atoms with Gasteiger partial charge in [-0.3, -0.25) is 4.79 Å². The predicted molar refractivity (Wildman–Crippen MR) is 77.1 cm³/mol. The summed E-state index contributed by atoms with van der Waals surface area (Å²) < 4.78 is 13.0. The minimum Gasteiger partial charge on any atom is -0.387 e. The molecule has 0 radical (unpaired) electrons. The monoisotopic (exact) mass is 284 g/mol. The van der Waals surface area contributed by atoms with Gasteiger partial charge in [0.05, 0.1) is 0 Å². The average Bonchev–Trinajstić information content (AvgIpc) is 2.48. The molecular formula is C16H13FN2O2. The van der Waals surface area contributed by atoms with E-state index in [2.05, 4.69) is 5.16 Å². The molecule has 2 aromatic carbocycles. The molecule has 2 aromatic rings. The molecule has 1 aliphatic heterocycles. The van der Waals surface area contributed by atoms with Crippen LogP contribution in [0.3, 0.4) is 0 Å². The van der Waals surface area contributed by atoms with E-state index in [0.717, 1.165) is 16.7 Å². The molecule has 1 atom stereocenters. The van der Waals surface area contributed by atoms with Gasteiger partial charge in [0.2, 0.25) is 0 Å². The van der Waals surface area contributed by atoms with E-state index in [-0.39, 0.29) is 17.6 Å². The fraction of sp³-hybridized carbons (Fsp3) is 0.125. The first-order chi connectivity index (χ1) is 10.1. The summed E-state index contributed by atoms with van der Waals surface area (Å²) in [5.74, 6) is -0.908. The Bertz CT molecular complexity index is 738. The number of carbonyl (C=O) groups is 1. The number of hydrogen-bond donors (Lipinski definition) is 1. The highest BCUT2D eigenvalue weighted by Gasteiger charge is 2.25. The summed E-state index contributed by atoms with van der Waals surface area (Å²) in [5.41, 5.74) is 8.72. The van der Waals surface area contributed by atoms with Gasteiger partial charge in [0, 0.05) is 11.1 Å². The number of benzene rings is 2. The lowest BCUT2D eigenvalue weighted by atomic mass is 9.93. The predicted octanol–water partition coefficient (Wildman–Crippen LogP) is 2.77. The van der Waals surface area contributed by atoms with Crippen molar-refractivity contribution < 1.29 is 14.0 Å². The molecular weight excluding hydrogens is 271 g/mol. The minimum atomic E-state index is -0.627. The lowest BCUT2D eigenvalue weighted by molar-refractivity contribution is -0.112. The van der Waals surface area contributed by atoms with Crippen LogP contribution >= 0.6 is 0 Å². The third kappa shape index (κ3) is 2.38. The Kier molecular flexibility index (Phi) is 3.17. The lowest BCUT2D eigenvalue weighted by Crippen LogP contribution is -2.28. The molecule has 4 nitrogen and oxygen atoms in total. The highest BCUT2D eigenvalue weighted by Crippen LogP contribution is 2.31. The zero-order valence-electron chi connectivity index (χ0n) is 11.3. The van der Waals surface area contributed by atoms with Crippen molar-refractivity contribution in [3.63, 3.8) is 0 Å². The van der Waals surface area contributed by atoms with Gasteiger partial charge in [-0.15, -0.1) is 0 Å². The minimum absolute atomic E-state index is 0.119. The van der Waals surface area contributed by atoms with E-state index in [1.165, 1.54) is 12.1 Å². The maximum absolute atomic E-state index is 13.0. The zero-order valence-corrected chi connectivity index (χ0v) is 11.3. The van der Waals surface area contributed by atoms with Crippen molar-refractivity contribution in [2.24, 2.45) is 10.9 Å². The van der Waals surface area contributed by atoms with Gasteiger partial charge < -0.3 is 10.6 Å². The molecule has 2 N–H and O–H groups in total. The van der Waals surface area contributed by atoms with Crippen molar-refractivity contribution in [2.45, 2.75) is 13.0 Å². The number of amides is 1. The van der Waals surface area contributed by atoms with Crippen LogP contribution < -0.4 is 5.73 Å². The number of rotatable bonds is 2. The van der Waals surface area contributed by atoms with Crippen molar-refractivity contribution >= 4 is 11.6 Å². The maximum atomic E-state index is 13.0. The molecule has 1 unspecified atom stereocenters. The first kappa shape index (κ1) is 13.3. The first-order valence-electron chi connectivity index (χ1n) is 6.50. The molecule has 0 fully saturated rings. The van der Waals surface area contributed by atoms with E-state index in [0.29, 0.717) is 5.56 Å². The molecule has 21 heavy (non-hydrogen) atoms. The van der Waals surface area contributed by atoms with Crippen LogP contribution in [0.1, 0.15) is 24.2 Å². The summed E-state index contributed by atoms with van der Waals surface area (Å²) in [6, 6.07) is 11.8. The van der Waals surface area contributed by atoms with Crippen molar-refractivity contribution in [3.05, 3.63) is 59.4 Å². The molecule has 1 aliphatic rings. The number of primary amides is 1. The Balaban J connectivity index is 2.09. The molecule has 0 bridgehead atoms. The van der Waals surface area contributed by atoms with Crippen LogP contribution in [-0.4, -0.2) is 11.6 Å². The lowest BCUT2D eigenvalue weighted by Gasteiger charge is -2.21. The Morgan fingerprint density at radius 2 is 1.86 bits per heavy atom. The molecule has 1 amide bonds. The van der Waals surface area contributed by atoms with Gasteiger partial charge in [0.15, 0.2) is 11.8 Å². The number of nitrogens with zero attached hydrogens (tertiary/aromatic N) is 1. The smallest absolute Gasteiger partial charge is 0.271 e. The molecule has 0 aromatic heterocycles. The highest BCUT2D eigenvalue weighted by molar-refractivity contribution is 6.45. The quantitative estimate of drug-likeness (QED) is 0.921. The Hall–Kier alpha value is -2.69. The second kappa shape index (κ2) is 5.01. The fourth-order valence-electron chi connectivity index (χ4n) is 2.35. The van der Waals surface area contributed by atoms with Gasteiger partial charge >= 0.3 is 0 Å². The summed E-state index contributed by atoms with van der Waals surface area (Å²) in [6.45, 7) is 1.84. The summed E-state index contributed by atoms with van der Waals surface area (Å²) >= 11 is 0. The van der Waals surface area contributed by atoms with E-state index in [4.69, 9.17) is 10.6 Å². The number of carbonyl (C=O) groups excluding carboxylic acids is 1. The van der Waals surface area contributed by atoms with Crippen LogP contribution in [0.4, 0.5) is 4.39 Å². The maximum Gasteiger partial charge on any atom is 0.271 e. The van der Waals surface area contributed by atoms with Gasteiger partial charge in [0.1, 0.15) is 5.82 Å². The Labute approximate surface area is 121 Å². The van der Waals surface area contributed by atoms with Crippen molar-refractivity contribution in [1.29, 1.82) is 0 Å². The summed E-state index contributed by atoms with van der Waals surface area (Å²) in [6.07, 6.45) is -0.275. The van der Waals surface area contributed by atoms with Gasteiger partial charge in [-0.2, -0.15) is 0 Å². The average molecular weight is 284 g/mol. The molecule has 0 spiro atoms.